The second-order valence-electron chi connectivity index (χ2n) is 0. The Hall–Kier alpha value is 1.07. The zero-order valence-electron chi connectivity index (χ0n) is 4.52. The number of hydrogen-bond acceptors (Lipinski definition) is 1. The maximum Gasteiger partial charge on any atom is 0.316 e. The Morgan fingerprint density at radius 3 is 0.400 bits per heavy atom. The van der Waals surface area contributed by atoms with Crippen molar-refractivity contribution in [3.63, 3.8) is 0 Å². The minimum Gasteiger partial charge on any atom is -0.412 e. The van der Waals surface area contributed by atoms with Gasteiger partial charge in [-0.05, 0) is 0 Å². The summed E-state index contributed by atoms with van der Waals surface area (Å²) in [4.78, 5) is 0. The second kappa shape index (κ2) is 728. The lowest BCUT2D eigenvalue weighted by Crippen LogP contribution is -0.481. The fraction of sp³-hybridized carbons (Fsp3) is 0. The molecule has 0 spiro atoms. The number of hydrogen-bond donors (Lipinski definition) is 1. The van der Waals surface area contributed by atoms with E-state index in [-0.39, 0.29) is 86.9 Å². The molecular weight excluding hydrogens is 205 g/mol. The van der Waals surface area contributed by atoms with Gasteiger partial charge in [-0.15, -0.1) is 24.8 Å². The van der Waals surface area contributed by atoms with Gasteiger partial charge in [-0.2, -0.15) is 0 Å². The van der Waals surface area contributed by atoms with Crippen molar-refractivity contribution in [2.24, 2.45) is 0 Å². The lowest BCUT2D eigenvalue weighted by atomic mass is 14.0. The zero-order valence-corrected chi connectivity index (χ0v) is 6.16. The Morgan fingerprint density at radius 1 is 0.400 bits per heavy atom. The van der Waals surface area contributed by atoms with E-state index in [1.54, 1.807) is 0 Å². The minimum atomic E-state index is 0. The predicted octanol–water partition coefficient (Wildman–Crippen LogP) is -4.86. The topological polar surface area (TPSA) is 224 Å². The Labute approximate surface area is 87.0 Å². The van der Waals surface area contributed by atoms with Crippen LogP contribution in [0.3, 0.4) is 0 Å². The summed E-state index contributed by atoms with van der Waals surface area (Å²) >= 11 is 0. The normalized spacial score (nSPS) is 0. The van der Waals surface area contributed by atoms with Crippen molar-refractivity contribution in [3.05, 3.63) is 0 Å². The maximum absolute atomic E-state index is 0. The summed E-state index contributed by atoms with van der Waals surface area (Å²) in [5.74, 6) is 0. The Kier molecular flexibility index (Phi) is 71800. The summed E-state index contributed by atoms with van der Waals surface area (Å²) in [6, 6.07) is 0. The third-order valence-electron chi connectivity index (χ3n) is 0. The first-order valence-corrected chi connectivity index (χ1v) is 0. The van der Waals surface area contributed by atoms with E-state index in [0.29, 0.717) is 0 Å². The molecule has 0 radical (unpaired) electrons. The minimum absolute atomic E-state index is 0. The maximum atomic E-state index is 0. The summed E-state index contributed by atoms with van der Waals surface area (Å²) in [7, 11) is 0. The van der Waals surface area contributed by atoms with Crippen LogP contribution in [0.5, 0.6) is 0 Å². The fourth-order valence-corrected chi connectivity index (χ4v) is 0. The van der Waals surface area contributed by atoms with Gasteiger partial charge in [0.2, 0.25) is 0 Å². The Bertz CT molecular complexity index is 15.7. The van der Waals surface area contributed by atoms with Crippen molar-refractivity contribution in [2.45, 2.75) is 0 Å². The van der Waals surface area contributed by atoms with Gasteiger partial charge in [0.1, 0.15) is 0 Å². The van der Waals surface area contributed by atoms with E-state index < -0.39 is 0 Å². The van der Waals surface area contributed by atoms with Crippen LogP contribution in [0.15, 0.2) is 0 Å². The lowest BCUT2D eigenvalue weighted by molar-refractivity contribution is 0.823. The van der Waals surface area contributed by atoms with Crippen molar-refractivity contribution in [2.75, 3.05) is 0 Å². The number of rotatable bonds is 0. The molecule has 0 amide bonds. The summed E-state index contributed by atoms with van der Waals surface area (Å²) in [6.07, 6.45) is 0. The van der Waals surface area contributed by atoms with Crippen LogP contribution in [-0.4, -0.2) is 55.9 Å². The molecule has 0 aliphatic heterocycles. The summed E-state index contributed by atoms with van der Waals surface area (Å²) in [6.45, 7) is 0. The van der Waals surface area contributed by atoms with Crippen LogP contribution in [0.4, 0.5) is 0 Å². The highest BCUT2D eigenvalue weighted by atomic mass is 35.5. The van der Waals surface area contributed by atoms with E-state index in [1.165, 1.54) is 0 Å². The van der Waals surface area contributed by atoms with Gasteiger partial charge in [-0.1, -0.05) is 0 Å². The SMILES string of the molecule is Cl.Cl.N.O.O.O.O.O.O.[MgH2]. The first kappa shape index (κ1) is 986. The van der Waals surface area contributed by atoms with Gasteiger partial charge >= 0.3 is 23.1 Å². The molecule has 0 aliphatic carbocycles. The first-order valence-electron chi connectivity index (χ1n) is 0. The van der Waals surface area contributed by atoms with Crippen LogP contribution in [-0.2, 0) is 0 Å². The summed E-state index contributed by atoms with van der Waals surface area (Å²) in [5, 5.41) is 0. The highest BCUT2D eigenvalue weighted by Gasteiger charge is 0.316. The number of halogens is 2. The van der Waals surface area contributed by atoms with E-state index >= 15 is 0 Å². The average molecular weight is 224 g/mol. The molecule has 7 nitrogen and oxygen atoms in total. The van der Waals surface area contributed by atoms with E-state index in [2.05, 4.69) is 0 Å². The molecule has 0 rings (SSSR count). The first-order chi connectivity index (χ1) is 0. The highest BCUT2D eigenvalue weighted by molar-refractivity contribution is 5.85. The monoisotopic (exact) mass is 223 g/mol. The zero-order chi connectivity index (χ0) is 0. The van der Waals surface area contributed by atoms with Gasteiger partial charge in [-0.3, -0.25) is 0 Å². The Morgan fingerprint density at radius 2 is 0.400 bits per heavy atom. The van der Waals surface area contributed by atoms with E-state index in [4.69, 9.17) is 0 Å². The fourth-order valence-electron chi connectivity index (χ4n) is 0. The molecule has 0 fully saturated rings. The van der Waals surface area contributed by atoms with Gasteiger partial charge in [-0.25, -0.2) is 0 Å². The van der Waals surface area contributed by atoms with Gasteiger partial charge in [0, 0.05) is 0 Å². The molecule has 0 aromatic carbocycles. The smallest absolute Gasteiger partial charge is 0.316 e. The molecule has 10 heteroatoms. The van der Waals surface area contributed by atoms with Crippen molar-refractivity contribution in [1.82, 2.24) is 6.15 Å². The standard InChI is InChI=1S/2ClH.Mg.H3N.6H2O.2H/h2*1H;;1H3;6*1H2;;. The molecule has 0 aliphatic rings. The van der Waals surface area contributed by atoms with Crippen LogP contribution >= 0.6 is 24.8 Å². The molecule has 15 N–H and O–H groups in total. The molecule has 0 heterocycles. The molecule has 10 heavy (non-hydrogen) atoms. The Balaban J connectivity index is 0. The van der Waals surface area contributed by atoms with Gasteiger partial charge < -0.3 is 39.0 Å². The van der Waals surface area contributed by atoms with E-state index in [1.807, 2.05) is 0 Å². The molecule has 0 aromatic heterocycles. The van der Waals surface area contributed by atoms with Crippen LogP contribution in [0.25, 0.3) is 0 Å². The molecule has 0 bridgehead atoms. The molecule has 0 atom stereocenters. The average Bonchev–Trinajstić information content (AvgIpc) is 0. The highest BCUT2D eigenvalue weighted by Crippen LogP contribution is 0.691. The molecular formula is H19Cl2MgNO6. The predicted molar refractivity (Wildman–Crippen MR) is 49.7 cm³/mol. The van der Waals surface area contributed by atoms with Gasteiger partial charge in [0.25, 0.3) is 0 Å². The molecule has 76 valence electrons. The van der Waals surface area contributed by atoms with Crippen LogP contribution in [0.2, 0.25) is 0 Å². The summed E-state index contributed by atoms with van der Waals surface area (Å²) < 4.78 is 0. The lowest BCUT2D eigenvalue weighted by Gasteiger charge is -0.413. The van der Waals surface area contributed by atoms with Crippen LogP contribution in [0, 0.1) is 0 Å². The molecule has 0 aromatic rings. The second-order valence-corrected chi connectivity index (χ2v) is 0. The van der Waals surface area contributed by atoms with E-state index in [0.717, 1.165) is 0 Å². The van der Waals surface area contributed by atoms with Crippen molar-refractivity contribution >= 4 is 47.9 Å². The third-order valence-corrected chi connectivity index (χ3v) is 0. The quantitative estimate of drug-likeness (QED) is 0.392. The van der Waals surface area contributed by atoms with Gasteiger partial charge in [0.05, 0.1) is 0 Å². The molecule has 0 saturated carbocycles. The molecule has 0 saturated heterocycles. The largest absolute Gasteiger partial charge is 0.412 e. The van der Waals surface area contributed by atoms with E-state index in [9.17, 15) is 0 Å². The third kappa shape index (κ3) is 519. The molecule has 0 unspecified atom stereocenters. The van der Waals surface area contributed by atoms with Crippen LogP contribution in [0.1, 0.15) is 0 Å². The van der Waals surface area contributed by atoms with Gasteiger partial charge in [0.15, 0.2) is 0 Å². The summed E-state index contributed by atoms with van der Waals surface area (Å²) in [5.41, 5.74) is 0. The van der Waals surface area contributed by atoms with Crippen molar-refractivity contribution in [1.29, 1.82) is 0 Å². The van der Waals surface area contributed by atoms with Crippen molar-refractivity contribution < 1.29 is 32.9 Å². The van der Waals surface area contributed by atoms with Crippen LogP contribution < -0.4 is 6.15 Å². The van der Waals surface area contributed by atoms with Crippen molar-refractivity contribution in [3.8, 4) is 0 Å².